The predicted molar refractivity (Wildman–Crippen MR) is 49.4 cm³/mol. The zero-order chi connectivity index (χ0) is 9.26. The molecule has 2 unspecified atom stereocenters. The number of nitrogens with zero attached hydrogens (tertiary/aromatic N) is 1. The second-order valence-corrected chi connectivity index (χ2v) is 3.33. The molecule has 0 saturated carbocycles. The molecule has 0 amide bonds. The van der Waals surface area contributed by atoms with Crippen LogP contribution in [-0.2, 0) is 9.63 Å². The summed E-state index contributed by atoms with van der Waals surface area (Å²) in [6.45, 7) is 1.57. The van der Waals surface area contributed by atoms with Gasteiger partial charge in [-0.25, -0.2) is 0 Å². The van der Waals surface area contributed by atoms with Crippen molar-refractivity contribution >= 4 is 11.5 Å². The number of rotatable bonds is 2. The van der Waals surface area contributed by atoms with E-state index in [4.69, 9.17) is 4.84 Å². The molecule has 0 spiro atoms. The van der Waals surface area contributed by atoms with Crippen molar-refractivity contribution in [1.82, 2.24) is 0 Å². The smallest absolute Gasteiger partial charge is 0.157 e. The van der Waals surface area contributed by atoms with Crippen LogP contribution >= 0.6 is 0 Å². The normalized spacial score (nSPS) is 29.5. The first kappa shape index (κ1) is 8.23. The van der Waals surface area contributed by atoms with Crippen LogP contribution in [0.25, 0.3) is 0 Å². The maximum atomic E-state index is 10.9. The van der Waals surface area contributed by atoms with Crippen LogP contribution in [0.15, 0.2) is 29.5 Å². The zero-order valence-electron chi connectivity index (χ0n) is 7.43. The molecular weight excluding hydrogens is 166 g/mol. The Morgan fingerprint density at radius 2 is 2.31 bits per heavy atom. The van der Waals surface area contributed by atoms with Gasteiger partial charge in [0.15, 0.2) is 6.10 Å². The number of hydrogen-bond acceptors (Lipinski definition) is 3. The SMILES string of the molecule is CC(=O)CC1=NOC2C=CC=CC12. The summed E-state index contributed by atoms with van der Waals surface area (Å²) in [6.07, 6.45) is 8.30. The molecule has 2 rings (SSSR count). The average molecular weight is 177 g/mol. The lowest BCUT2D eigenvalue weighted by atomic mass is 9.91. The molecule has 68 valence electrons. The van der Waals surface area contributed by atoms with E-state index < -0.39 is 0 Å². The molecule has 3 heteroatoms. The zero-order valence-corrected chi connectivity index (χ0v) is 7.43. The molecule has 2 aliphatic rings. The van der Waals surface area contributed by atoms with Gasteiger partial charge in [-0.1, -0.05) is 23.4 Å². The fourth-order valence-corrected chi connectivity index (χ4v) is 1.58. The topological polar surface area (TPSA) is 38.7 Å². The highest BCUT2D eigenvalue weighted by atomic mass is 16.6. The Hall–Kier alpha value is -1.38. The van der Waals surface area contributed by atoms with Crippen LogP contribution in [0, 0.1) is 5.92 Å². The number of fused-ring (bicyclic) bond motifs is 1. The van der Waals surface area contributed by atoms with Crippen molar-refractivity contribution < 1.29 is 9.63 Å². The number of oxime groups is 1. The fraction of sp³-hybridized carbons (Fsp3) is 0.400. The van der Waals surface area contributed by atoms with Gasteiger partial charge in [-0.3, -0.25) is 4.79 Å². The fourth-order valence-electron chi connectivity index (χ4n) is 1.58. The molecule has 0 saturated heterocycles. The van der Waals surface area contributed by atoms with Crippen molar-refractivity contribution in [3.8, 4) is 0 Å². The van der Waals surface area contributed by atoms with E-state index in [1.807, 2.05) is 24.3 Å². The molecule has 1 heterocycles. The molecule has 0 aromatic rings. The third kappa shape index (κ3) is 1.54. The molecular formula is C10H11NO2. The lowest BCUT2D eigenvalue weighted by Crippen LogP contribution is -2.22. The number of Topliss-reactive ketones (excluding diaryl/α,β-unsaturated/α-hetero) is 1. The van der Waals surface area contributed by atoms with E-state index in [1.54, 1.807) is 6.92 Å². The van der Waals surface area contributed by atoms with Crippen LogP contribution in [-0.4, -0.2) is 17.6 Å². The van der Waals surface area contributed by atoms with Crippen molar-refractivity contribution in [2.75, 3.05) is 0 Å². The summed E-state index contributed by atoms with van der Waals surface area (Å²) in [4.78, 5) is 16.1. The Balaban J connectivity index is 2.11. The van der Waals surface area contributed by atoms with Gasteiger partial charge in [0.25, 0.3) is 0 Å². The molecule has 0 aromatic heterocycles. The summed E-state index contributed by atoms with van der Waals surface area (Å²) in [5.74, 6) is 0.305. The van der Waals surface area contributed by atoms with Crippen molar-refractivity contribution in [1.29, 1.82) is 0 Å². The van der Waals surface area contributed by atoms with Crippen LogP contribution in [0.1, 0.15) is 13.3 Å². The first-order valence-corrected chi connectivity index (χ1v) is 4.34. The van der Waals surface area contributed by atoms with Gasteiger partial charge in [0.2, 0.25) is 0 Å². The van der Waals surface area contributed by atoms with Gasteiger partial charge in [-0.15, -0.1) is 0 Å². The minimum absolute atomic E-state index is 0.0133. The monoisotopic (exact) mass is 177 g/mol. The van der Waals surface area contributed by atoms with E-state index in [2.05, 4.69) is 5.16 Å². The summed E-state index contributed by atoms with van der Waals surface area (Å²) in [5, 5.41) is 3.91. The van der Waals surface area contributed by atoms with E-state index in [1.165, 1.54) is 0 Å². The van der Waals surface area contributed by atoms with Crippen LogP contribution in [0.4, 0.5) is 0 Å². The number of ketones is 1. The summed E-state index contributed by atoms with van der Waals surface area (Å²) >= 11 is 0. The van der Waals surface area contributed by atoms with Gasteiger partial charge in [0.1, 0.15) is 5.78 Å². The lowest BCUT2D eigenvalue weighted by molar-refractivity contribution is -0.115. The maximum absolute atomic E-state index is 10.9. The minimum Gasteiger partial charge on any atom is -0.387 e. The first-order valence-electron chi connectivity index (χ1n) is 4.34. The molecule has 3 nitrogen and oxygen atoms in total. The standard InChI is InChI=1S/C10H11NO2/c1-7(12)6-9-8-4-2-3-5-10(8)13-11-9/h2-5,8,10H,6H2,1H3. The Morgan fingerprint density at radius 1 is 1.54 bits per heavy atom. The molecule has 13 heavy (non-hydrogen) atoms. The predicted octanol–water partition coefficient (Wildman–Crippen LogP) is 1.46. The largest absolute Gasteiger partial charge is 0.387 e. The molecule has 2 atom stereocenters. The Bertz CT molecular complexity index is 315. The summed E-state index contributed by atoms with van der Waals surface area (Å²) < 4.78 is 0. The first-order chi connectivity index (χ1) is 6.27. The third-order valence-corrected chi connectivity index (χ3v) is 2.19. The summed E-state index contributed by atoms with van der Waals surface area (Å²) in [6, 6.07) is 0. The van der Waals surface area contributed by atoms with Crippen LogP contribution in [0.5, 0.6) is 0 Å². The summed E-state index contributed by atoms with van der Waals surface area (Å²) in [5.41, 5.74) is 0.845. The van der Waals surface area contributed by atoms with Crippen LogP contribution in [0.3, 0.4) is 0 Å². The Morgan fingerprint density at radius 3 is 3.08 bits per heavy atom. The molecule has 0 N–H and O–H groups in total. The second kappa shape index (κ2) is 3.17. The van der Waals surface area contributed by atoms with Gasteiger partial charge < -0.3 is 4.84 Å². The number of allylic oxidation sites excluding steroid dienone is 2. The molecule has 0 bridgehead atoms. The van der Waals surface area contributed by atoms with Crippen LogP contribution < -0.4 is 0 Å². The second-order valence-electron chi connectivity index (χ2n) is 3.33. The van der Waals surface area contributed by atoms with E-state index >= 15 is 0 Å². The minimum atomic E-state index is 0.0133. The maximum Gasteiger partial charge on any atom is 0.157 e. The summed E-state index contributed by atoms with van der Waals surface area (Å²) in [7, 11) is 0. The van der Waals surface area contributed by atoms with E-state index in [0.717, 1.165) is 5.71 Å². The van der Waals surface area contributed by atoms with E-state index in [0.29, 0.717) is 6.42 Å². The van der Waals surface area contributed by atoms with E-state index in [9.17, 15) is 4.79 Å². The Labute approximate surface area is 76.8 Å². The van der Waals surface area contributed by atoms with Gasteiger partial charge in [0.05, 0.1) is 11.6 Å². The third-order valence-electron chi connectivity index (χ3n) is 2.19. The lowest BCUT2D eigenvalue weighted by Gasteiger charge is -2.13. The Kier molecular flexibility index (Phi) is 2.00. The van der Waals surface area contributed by atoms with Gasteiger partial charge in [-0.05, 0) is 13.0 Å². The van der Waals surface area contributed by atoms with Gasteiger partial charge in [0, 0.05) is 6.42 Å². The van der Waals surface area contributed by atoms with Crippen LogP contribution in [0.2, 0.25) is 0 Å². The highest BCUT2D eigenvalue weighted by Crippen LogP contribution is 2.25. The highest BCUT2D eigenvalue weighted by Gasteiger charge is 2.31. The number of carbonyl (C=O) groups is 1. The van der Waals surface area contributed by atoms with Crippen molar-refractivity contribution in [3.05, 3.63) is 24.3 Å². The number of hydrogen-bond donors (Lipinski definition) is 0. The van der Waals surface area contributed by atoms with Gasteiger partial charge >= 0.3 is 0 Å². The molecule has 1 aliphatic heterocycles. The number of carbonyl (C=O) groups excluding carboxylic acids is 1. The molecule has 0 aromatic carbocycles. The van der Waals surface area contributed by atoms with Crippen molar-refractivity contribution in [2.45, 2.75) is 19.4 Å². The van der Waals surface area contributed by atoms with Crippen molar-refractivity contribution in [2.24, 2.45) is 11.1 Å². The molecule has 0 fully saturated rings. The van der Waals surface area contributed by atoms with Crippen molar-refractivity contribution in [3.63, 3.8) is 0 Å². The molecule has 0 radical (unpaired) electrons. The quantitative estimate of drug-likeness (QED) is 0.640. The van der Waals surface area contributed by atoms with E-state index in [-0.39, 0.29) is 17.8 Å². The van der Waals surface area contributed by atoms with Gasteiger partial charge in [-0.2, -0.15) is 0 Å². The molecule has 1 aliphatic carbocycles. The highest BCUT2D eigenvalue weighted by molar-refractivity contribution is 6.03. The average Bonchev–Trinajstić information content (AvgIpc) is 2.48.